The van der Waals surface area contributed by atoms with Gasteiger partial charge in [-0.15, -0.1) is 10.2 Å². The number of halogens is 1. The second kappa shape index (κ2) is 7.76. The minimum atomic E-state index is -0.313. The summed E-state index contributed by atoms with van der Waals surface area (Å²) in [5.74, 6) is 1.26. The second-order valence-corrected chi connectivity index (χ2v) is 9.20. The van der Waals surface area contributed by atoms with E-state index in [1.54, 1.807) is 18.2 Å². The van der Waals surface area contributed by atoms with Crippen molar-refractivity contribution in [2.45, 2.75) is 56.9 Å². The molecule has 1 aromatic heterocycles. The molecule has 2 atom stereocenters. The first-order chi connectivity index (χ1) is 14.5. The lowest BCUT2D eigenvalue weighted by atomic mass is 9.72. The average Bonchev–Trinajstić information content (AvgIpc) is 3.48. The quantitative estimate of drug-likeness (QED) is 0.772. The molecule has 0 N–H and O–H groups in total. The molecule has 1 saturated carbocycles. The molecule has 3 heterocycles. The fourth-order valence-corrected chi connectivity index (χ4v) is 5.76. The first kappa shape index (κ1) is 19.7. The lowest BCUT2D eigenvalue weighted by Gasteiger charge is -2.41. The summed E-state index contributed by atoms with van der Waals surface area (Å²) >= 11 is 0. The Kier molecular flexibility index (Phi) is 5.09. The molecule has 1 aliphatic carbocycles. The van der Waals surface area contributed by atoms with Crippen LogP contribution in [0.5, 0.6) is 0 Å². The molecular formula is C23H29FN4O2. The van der Waals surface area contributed by atoms with Gasteiger partial charge in [0.2, 0.25) is 17.7 Å². The summed E-state index contributed by atoms with van der Waals surface area (Å²) in [6.07, 6.45) is 6.02. The van der Waals surface area contributed by atoms with Gasteiger partial charge < -0.3 is 9.32 Å². The van der Waals surface area contributed by atoms with Crippen molar-refractivity contribution in [3.63, 3.8) is 0 Å². The Balaban J connectivity index is 1.36. The summed E-state index contributed by atoms with van der Waals surface area (Å²) in [4.78, 5) is 17.5. The van der Waals surface area contributed by atoms with Crippen LogP contribution in [0, 0.1) is 18.7 Å². The topological polar surface area (TPSA) is 62.5 Å². The predicted octanol–water partition coefficient (Wildman–Crippen LogP) is 3.10. The molecule has 2 aliphatic heterocycles. The van der Waals surface area contributed by atoms with Crippen molar-refractivity contribution in [3.05, 3.63) is 47.4 Å². The fourth-order valence-electron chi connectivity index (χ4n) is 5.76. The highest BCUT2D eigenvalue weighted by atomic mass is 19.1. The Morgan fingerprint density at radius 2 is 2.03 bits per heavy atom. The van der Waals surface area contributed by atoms with Crippen LogP contribution in [0.25, 0.3) is 0 Å². The predicted molar refractivity (Wildman–Crippen MR) is 109 cm³/mol. The number of carbonyl (C=O) groups is 1. The number of rotatable bonds is 4. The van der Waals surface area contributed by atoms with Crippen LogP contribution >= 0.6 is 0 Å². The van der Waals surface area contributed by atoms with Gasteiger partial charge in [0, 0.05) is 45.1 Å². The maximum absolute atomic E-state index is 14.0. The molecule has 1 aromatic carbocycles. The zero-order valence-corrected chi connectivity index (χ0v) is 17.5. The fraction of sp³-hybridized carbons (Fsp3) is 0.609. The highest BCUT2D eigenvalue weighted by Gasteiger charge is 2.55. The molecule has 160 valence electrons. The van der Waals surface area contributed by atoms with Crippen molar-refractivity contribution in [1.29, 1.82) is 0 Å². The Morgan fingerprint density at radius 3 is 2.77 bits per heavy atom. The summed E-state index contributed by atoms with van der Waals surface area (Å²) in [6.45, 7) is 5.02. The van der Waals surface area contributed by atoms with Crippen LogP contribution in [-0.2, 0) is 16.6 Å². The van der Waals surface area contributed by atoms with Crippen LogP contribution < -0.4 is 0 Å². The van der Waals surface area contributed by atoms with Gasteiger partial charge >= 0.3 is 0 Å². The highest BCUT2D eigenvalue weighted by Crippen LogP contribution is 2.46. The number of benzene rings is 1. The first-order valence-corrected chi connectivity index (χ1v) is 11.1. The standard InChI is InChI=1S/C23H29FN4O2/c1-16-25-26-22(30-16)23-10-11-27(21(29)12-17-6-2-5-9-20(17)24)13-18(23)14-28(15-23)19-7-3-4-8-19/h2,5-6,9,18-19H,3-4,7-8,10-15H2,1H3/t18-,23-/m0/s1. The zero-order valence-electron chi connectivity index (χ0n) is 17.5. The number of carbonyl (C=O) groups excluding carboxylic acids is 1. The van der Waals surface area contributed by atoms with Crippen LogP contribution in [0.15, 0.2) is 28.7 Å². The summed E-state index contributed by atoms with van der Waals surface area (Å²) in [5.41, 5.74) is 0.282. The third-order valence-electron chi connectivity index (χ3n) is 7.44. The Bertz CT molecular complexity index is 925. The number of aryl methyl sites for hydroxylation is 1. The van der Waals surface area contributed by atoms with E-state index in [0.29, 0.717) is 30.6 Å². The largest absolute Gasteiger partial charge is 0.425 e. The van der Waals surface area contributed by atoms with Crippen LogP contribution in [0.1, 0.15) is 49.4 Å². The van der Waals surface area contributed by atoms with Crippen molar-refractivity contribution in [2.24, 2.45) is 5.92 Å². The summed E-state index contributed by atoms with van der Waals surface area (Å²) < 4.78 is 20.0. The van der Waals surface area contributed by atoms with Gasteiger partial charge in [-0.3, -0.25) is 9.69 Å². The van der Waals surface area contributed by atoms with Crippen molar-refractivity contribution < 1.29 is 13.6 Å². The third kappa shape index (κ3) is 3.43. The number of fused-ring (bicyclic) bond motifs is 1. The Hall–Kier alpha value is -2.28. The Morgan fingerprint density at radius 1 is 1.23 bits per heavy atom. The van der Waals surface area contributed by atoms with Gasteiger partial charge in [0.05, 0.1) is 11.8 Å². The van der Waals surface area contributed by atoms with Crippen molar-refractivity contribution >= 4 is 5.91 Å². The Labute approximate surface area is 176 Å². The number of aromatic nitrogens is 2. The smallest absolute Gasteiger partial charge is 0.227 e. The van der Waals surface area contributed by atoms with Gasteiger partial charge in [-0.1, -0.05) is 31.0 Å². The molecule has 3 fully saturated rings. The van der Waals surface area contributed by atoms with Gasteiger partial charge in [0.1, 0.15) is 5.82 Å². The molecule has 0 bridgehead atoms. The van der Waals surface area contributed by atoms with E-state index in [0.717, 1.165) is 25.4 Å². The van der Waals surface area contributed by atoms with Crippen LogP contribution in [0.4, 0.5) is 4.39 Å². The van der Waals surface area contributed by atoms with E-state index >= 15 is 0 Å². The van der Waals surface area contributed by atoms with Crippen LogP contribution in [0.3, 0.4) is 0 Å². The lowest BCUT2D eigenvalue weighted by Crippen LogP contribution is -2.51. The molecule has 0 spiro atoms. The maximum Gasteiger partial charge on any atom is 0.227 e. The van der Waals surface area contributed by atoms with E-state index in [1.165, 1.54) is 31.7 Å². The SMILES string of the molecule is Cc1nnc([C@]23CCN(C(=O)Cc4ccccc4F)C[C@H]2CN(C2CCCC2)C3)o1. The van der Waals surface area contributed by atoms with Crippen molar-refractivity contribution in [3.8, 4) is 0 Å². The summed E-state index contributed by atoms with van der Waals surface area (Å²) in [7, 11) is 0. The van der Waals surface area contributed by atoms with E-state index in [1.807, 2.05) is 11.8 Å². The number of likely N-dealkylation sites (tertiary alicyclic amines) is 2. The second-order valence-electron chi connectivity index (χ2n) is 9.20. The first-order valence-electron chi connectivity index (χ1n) is 11.1. The molecule has 0 unspecified atom stereocenters. The normalized spacial score (nSPS) is 27.5. The average molecular weight is 413 g/mol. The van der Waals surface area contributed by atoms with Gasteiger partial charge in [0.15, 0.2) is 0 Å². The number of hydrogen-bond donors (Lipinski definition) is 0. The number of piperidine rings is 1. The molecule has 2 saturated heterocycles. The maximum atomic E-state index is 14.0. The number of hydrogen-bond acceptors (Lipinski definition) is 5. The molecule has 3 aliphatic rings. The van der Waals surface area contributed by atoms with Gasteiger partial charge in [0.25, 0.3) is 0 Å². The van der Waals surface area contributed by atoms with Crippen molar-refractivity contribution in [1.82, 2.24) is 20.0 Å². The summed E-state index contributed by atoms with van der Waals surface area (Å²) in [5, 5.41) is 8.52. The van der Waals surface area contributed by atoms with E-state index in [2.05, 4.69) is 15.1 Å². The van der Waals surface area contributed by atoms with E-state index in [9.17, 15) is 9.18 Å². The molecule has 6 nitrogen and oxygen atoms in total. The number of amides is 1. The molecule has 0 radical (unpaired) electrons. The van der Waals surface area contributed by atoms with Crippen molar-refractivity contribution in [2.75, 3.05) is 26.2 Å². The third-order valence-corrected chi connectivity index (χ3v) is 7.44. The molecule has 30 heavy (non-hydrogen) atoms. The number of nitrogens with zero attached hydrogens (tertiary/aromatic N) is 4. The highest BCUT2D eigenvalue weighted by molar-refractivity contribution is 5.79. The minimum absolute atomic E-state index is 0.00488. The molecular weight excluding hydrogens is 383 g/mol. The van der Waals surface area contributed by atoms with Crippen LogP contribution in [-0.4, -0.2) is 58.1 Å². The molecule has 5 rings (SSSR count). The molecule has 1 amide bonds. The van der Waals surface area contributed by atoms with E-state index < -0.39 is 0 Å². The molecule has 7 heteroatoms. The summed E-state index contributed by atoms with van der Waals surface area (Å²) in [6, 6.07) is 7.17. The minimum Gasteiger partial charge on any atom is -0.425 e. The van der Waals surface area contributed by atoms with Gasteiger partial charge in [-0.25, -0.2) is 4.39 Å². The monoisotopic (exact) mass is 412 g/mol. The van der Waals surface area contributed by atoms with Crippen LogP contribution in [0.2, 0.25) is 0 Å². The molecule has 2 aromatic rings. The zero-order chi connectivity index (χ0) is 20.7. The lowest BCUT2D eigenvalue weighted by molar-refractivity contribution is -0.133. The van der Waals surface area contributed by atoms with Gasteiger partial charge in [-0.05, 0) is 30.9 Å². The van der Waals surface area contributed by atoms with Gasteiger partial charge in [-0.2, -0.15) is 0 Å². The van der Waals surface area contributed by atoms with E-state index in [4.69, 9.17) is 4.42 Å². The van der Waals surface area contributed by atoms with E-state index in [-0.39, 0.29) is 29.5 Å².